The summed E-state index contributed by atoms with van der Waals surface area (Å²) in [5, 5.41) is 0.803. The Morgan fingerprint density at radius 2 is 1.70 bits per heavy atom. The molecule has 3 aromatic rings. The van der Waals surface area contributed by atoms with Crippen molar-refractivity contribution in [2.45, 2.75) is 10.2 Å². The first kappa shape index (κ1) is 13.6. The normalized spacial score (nSPS) is 10.9. The molecular weight excluding hydrogens is 332 g/mol. The largest absolute Gasteiger partial charge is 0.253 e. The van der Waals surface area contributed by atoms with Gasteiger partial charge in [0.1, 0.15) is 0 Å². The van der Waals surface area contributed by atoms with Crippen molar-refractivity contribution in [2.24, 2.45) is 0 Å². The summed E-state index contributed by atoms with van der Waals surface area (Å²) in [6.45, 7) is 0. The lowest BCUT2D eigenvalue weighted by Gasteiger charge is -2.12. The standard InChI is InChI=1S/C16H13BrN2S/c1-20-16-5-3-2-4-12(16)13-9-15-14(8-11(13)10-17)18-6-7-19-15/h2-9H,10H2,1H3. The van der Waals surface area contributed by atoms with Crippen molar-refractivity contribution in [3.8, 4) is 11.1 Å². The maximum absolute atomic E-state index is 4.41. The summed E-state index contributed by atoms with van der Waals surface area (Å²) in [5.74, 6) is 0. The van der Waals surface area contributed by atoms with Gasteiger partial charge < -0.3 is 0 Å². The van der Waals surface area contributed by atoms with Gasteiger partial charge in [-0.05, 0) is 41.1 Å². The Morgan fingerprint density at radius 1 is 1.00 bits per heavy atom. The summed E-state index contributed by atoms with van der Waals surface area (Å²) in [4.78, 5) is 10.1. The third-order valence-electron chi connectivity index (χ3n) is 3.24. The van der Waals surface area contributed by atoms with E-state index in [1.807, 2.05) is 0 Å². The molecule has 100 valence electrons. The fourth-order valence-electron chi connectivity index (χ4n) is 2.28. The van der Waals surface area contributed by atoms with E-state index < -0.39 is 0 Å². The lowest BCUT2D eigenvalue weighted by Crippen LogP contribution is -1.92. The summed E-state index contributed by atoms with van der Waals surface area (Å²) in [6, 6.07) is 12.7. The van der Waals surface area contributed by atoms with Gasteiger partial charge in [0.05, 0.1) is 11.0 Å². The van der Waals surface area contributed by atoms with Crippen LogP contribution in [0.4, 0.5) is 0 Å². The number of hydrogen-bond acceptors (Lipinski definition) is 3. The highest BCUT2D eigenvalue weighted by Gasteiger charge is 2.10. The predicted octanol–water partition coefficient (Wildman–Crippen LogP) is 4.91. The Balaban J connectivity index is 2.29. The Labute approximate surface area is 130 Å². The van der Waals surface area contributed by atoms with Crippen LogP contribution >= 0.6 is 27.7 Å². The minimum absolute atomic E-state index is 0.803. The fourth-order valence-corrected chi connectivity index (χ4v) is 3.36. The Hall–Kier alpha value is -1.39. The zero-order valence-corrected chi connectivity index (χ0v) is 13.4. The van der Waals surface area contributed by atoms with E-state index in [9.17, 15) is 0 Å². The highest BCUT2D eigenvalue weighted by Crippen LogP contribution is 2.34. The van der Waals surface area contributed by atoms with Crippen molar-refractivity contribution >= 4 is 38.7 Å². The smallest absolute Gasteiger partial charge is 0.0893 e. The van der Waals surface area contributed by atoms with Crippen LogP contribution in [0.2, 0.25) is 0 Å². The van der Waals surface area contributed by atoms with Crippen LogP contribution in [-0.2, 0) is 5.33 Å². The summed E-state index contributed by atoms with van der Waals surface area (Å²) >= 11 is 5.35. The number of aromatic nitrogens is 2. The van der Waals surface area contributed by atoms with Gasteiger partial charge in [-0.25, -0.2) is 0 Å². The van der Waals surface area contributed by atoms with Crippen molar-refractivity contribution in [1.82, 2.24) is 9.97 Å². The summed E-state index contributed by atoms with van der Waals surface area (Å²) in [5.41, 5.74) is 5.58. The average Bonchev–Trinajstić information content (AvgIpc) is 2.53. The molecule has 3 rings (SSSR count). The molecule has 2 nitrogen and oxygen atoms in total. The maximum Gasteiger partial charge on any atom is 0.0893 e. The van der Waals surface area contributed by atoms with E-state index >= 15 is 0 Å². The first-order valence-corrected chi connectivity index (χ1v) is 8.61. The predicted molar refractivity (Wildman–Crippen MR) is 89.4 cm³/mol. The molecule has 0 radical (unpaired) electrons. The third-order valence-corrected chi connectivity index (χ3v) is 4.64. The molecule has 0 aliphatic carbocycles. The fraction of sp³-hybridized carbons (Fsp3) is 0.125. The lowest BCUT2D eigenvalue weighted by atomic mass is 9.99. The van der Waals surface area contributed by atoms with Gasteiger partial charge in [0.15, 0.2) is 0 Å². The van der Waals surface area contributed by atoms with Gasteiger partial charge in [-0.15, -0.1) is 11.8 Å². The van der Waals surface area contributed by atoms with Gasteiger partial charge in [-0.1, -0.05) is 34.1 Å². The second-order valence-electron chi connectivity index (χ2n) is 4.39. The zero-order valence-electron chi connectivity index (χ0n) is 11.0. The number of alkyl halides is 1. The molecule has 1 heterocycles. The molecule has 2 aromatic carbocycles. The van der Waals surface area contributed by atoms with E-state index in [0.29, 0.717) is 0 Å². The van der Waals surface area contributed by atoms with Crippen LogP contribution in [0.3, 0.4) is 0 Å². The Bertz CT molecular complexity index is 758. The molecule has 0 aliphatic heterocycles. The van der Waals surface area contributed by atoms with Crippen LogP contribution in [0.25, 0.3) is 22.2 Å². The summed E-state index contributed by atoms with van der Waals surface area (Å²) < 4.78 is 0. The maximum atomic E-state index is 4.41. The second-order valence-corrected chi connectivity index (χ2v) is 5.80. The first-order valence-electron chi connectivity index (χ1n) is 6.26. The summed E-state index contributed by atoms with van der Waals surface area (Å²) in [7, 11) is 0. The first-order chi connectivity index (χ1) is 9.83. The number of hydrogen-bond donors (Lipinski definition) is 0. The van der Waals surface area contributed by atoms with Crippen LogP contribution in [0.5, 0.6) is 0 Å². The molecule has 0 bridgehead atoms. The van der Waals surface area contributed by atoms with Gasteiger partial charge in [0.2, 0.25) is 0 Å². The number of thioether (sulfide) groups is 1. The van der Waals surface area contributed by atoms with Gasteiger partial charge in [0, 0.05) is 22.6 Å². The molecule has 0 saturated heterocycles. The van der Waals surface area contributed by atoms with Crippen LogP contribution in [0.1, 0.15) is 5.56 Å². The molecule has 0 atom stereocenters. The molecule has 0 saturated carbocycles. The molecular formula is C16H13BrN2S. The van der Waals surface area contributed by atoms with Crippen molar-refractivity contribution in [1.29, 1.82) is 0 Å². The average molecular weight is 345 g/mol. The van der Waals surface area contributed by atoms with Gasteiger partial charge >= 0.3 is 0 Å². The van der Waals surface area contributed by atoms with Crippen molar-refractivity contribution < 1.29 is 0 Å². The van der Waals surface area contributed by atoms with Crippen LogP contribution in [0, 0.1) is 0 Å². The van der Waals surface area contributed by atoms with Gasteiger partial charge in [-0.2, -0.15) is 0 Å². The minimum atomic E-state index is 0.803. The van der Waals surface area contributed by atoms with E-state index in [0.717, 1.165) is 16.4 Å². The minimum Gasteiger partial charge on any atom is -0.253 e. The Morgan fingerprint density at radius 3 is 2.40 bits per heavy atom. The molecule has 0 amide bonds. The van der Waals surface area contributed by atoms with Crippen LogP contribution < -0.4 is 0 Å². The van der Waals surface area contributed by atoms with E-state index in [1.165, 1.54) is 21.6 Å². The van der Waals surface area contributed by atoms with E-state index in [-0.39, 0.29) is 0 Å². The molecule has 1 aromatic heterocycles. The molecule has 0 unspecified atom stereocenters. The topological polar surface area (TPSA) is 25.8 Å². The number of nitrogens with zero attached hydrogens (tertiary/aromatic N) is 2. The lowest BCUT2D eigenvalue weighted by molar-refractivity contribution is 1.28. The highest BCUT2D eigenvalue weighted by atomic mass is 79.9. The van der Waals surface area contributed by atoms with Crippen molar-refractivity contribution in [3.05, 3.63) is 54.4 Å². The van der Waals surface area contributed by atoms with Crippen molar-refractivity contribution in [2.75, 3.05) is 6.26 Å². The van der Waals surface area contributed by atoms with Crippen LogP contribution in [0.15, 0.2) is 53.7 Å². The number of fused-ring (bicyclic) bond motifs is 1. The molecule has 4 heteroatoms. The van der Waals surface area contributed by atoms with Crippen molar-refractivity contribution in [3.63, 3.8) is 0 Å². The quantitative estimate of drug-likeness (QED) is 0.498. The van der Waals surface area contributed by atoms with Crippen LogP contribution in [-0.4, -0.2) is 16.2 Å². The van der Waals surface area contributed by atoms with E-state index in [2.05, 4.69) is 68.6 Å². The molecule has 20 heavy (non-hydrogen) atoms. The third kappa shape index (κ3) is 2.45. The van der Waals surface area contributed by atoms with E-state index in [4.69, 9.17) is 0 Å². The number of rotatable bonds is 3. The molecule has 0 fully saturated rings. The molecule has 0 spiro atoms. The number of halogens is 1. The monoisotopic (exact) mass is 344 g/mol. The van der Waals surface area contributed by atoms with E-state index in [1.54, 1.807) is 24.2 Å². The highest BCUT2D eigenvalue weighted by molar-refractivity contribution is 9.08. The Kier molecular flexibility index (Phi) is 4.03. The zero-order chi connectivity index (χ0) is 13.9. The van der Waals surface area contributed by atoms with Gasteiger partial charge in [-0.3, -0.25) is 9.97 Å². The summed E-state index contributed by atoms with van der Waals surface area (Å²) in [6.07, 6.45) is 5.57. The second kappa shape index (κ2) is 5.94. The van der Waals surface area contributed by atoms with Gasteiger partial charge in [0.25, 0.3) is 0 Å². The number of benzene rings is 2. The SMILES string of the molecule is CSc1ccccc1-c1cc2nccnc2cc1CBr. The molecule has 0 aliphatic rings. The molecule has 0 N–H and O–H groups in total.